The predicted molar refractivity (Wildman–Crippen MR) is 71.4 cm³/mol. The molecule has 1 aliphatic heterocycles. The highest BCUT2D eigenvalue weighted by atomic mass is 32.2. The van der Waals surface area contributed by atoms with Crippen LogP contribution in [0.5, 0.6) is 0 Å². The zero-order valence-electron chi connectivity index (χ0n) is 10.4. The summed E-state index contributed by atoms with van der Waals surface area (Å²) < 4.78 is 0. The normalized spacial score (nSPS) is 18.6. The van der Waals surface area contributed by atoms with Gasteiger partial charge >= 0.3 is 0 Å². The van der Waals surface area contributed by atoms with Crippen LogP contribution in [0, 0.1) is 10.1 Å². The van der Waals surface area contributed by atoms with Gasteiger partial charge in [0.2, 0.25) is 0 Å². The summed E-state index contributed by atoms with van der Waals surface area (Å²) in [5, 5.41) is 20.4. The fourth-order valence-corrected chi connectivity index (χ4v) is 2.62. The van der Waals surface area contributed by atoms with E-state index in [0.717, 1.165) is 0 Å². The van der Waals surface area contributed by atoms with Crippen molar-refractivity contribution in [3.05, 3.63) is 33.9 Å². The maximum absolute atomic E-state index is 12.2. The van der Waals surface area contributed by atoms with E-state index in [0.29, 0.717) is 23.4 Å². The van der Waals surface area contributed by atoms with Crippen LogP contribution in [0.25, 0.3) is 0 Å². The Bertz CT molecular complexity index is 520. The average molecular weight is 282 g/mol. The standard InChI is InChI=1S/C12H14N2O4S/c1-19-11-3-2-8(6-10(11)14(17)18)12(16)13-5-4-9(15)7-13/h2-3,6,9,15H,4-5,7H2,1H3/t9-/m1/s1. The summed E-state index contributed by atoms with van der Waals surface area (Å²) in [6.45, 7) is 0.773. The molecule has 0 radical (unpaired) electrons. The first-order valence-corrected chi connectivity index (χ1v) is 7.05. The molecule has 0 aliphatic carbocycles. The molecule has 1 atom stereocenters. The van der Waals surface area contributed by atoms with Crippen molar-refractivity contribution in [2.24, 2.45) is 0 Å². The smallest absolute Gasteiger partial charge is 0.283 e. The number of β-amino-alcohol motifs (C(OH)–C–C–N with tert-alkyl or cyclic N) is 1. The van der Waals surface area contributed by atoms with Gasteiger partial charge in [0.15, 0.2) is 0 Å². The van der Waals surface area contributed by atoms with Crippen molar-refractivity contribution in [1.82, 2.24) is 4.90 Å². The van der Waals surface area contributed by atoms with E-state index in [1.807, 2.05) is 0 Å². The fourth-order valence-electron chi connectivity index (χ4n) is 2.07. The van der Waals surface area contributed by atoms with E-state index >= 15 is 0 Å². The molecule has 1 aliphatic rings. The van der Waals surface area contributed by atoms with Gasteiger partial charge in [0.05, 0.1) is 15.9 Å². The van der Waals surface area contributed by atoms with E-state index in [-0.39, 0.29) is 18.1 Å². The number of hydrogen-bond donors (Lipinski definition) is 1. The van der Waals surface area contributed by atoms with Crippen molar-refractivity contribution in [2.75, 3.05) is 19.3 Å². The van der Waals surface area contributed by atoms with Gasteiger partial charge in [-0.15, -0.1) is 11.8 Å². The molecule has 0 saturated carbocycles. The first kappa shape index (κ1) is 13.8. The number of carbonyl (C=O) groups excluding carboxylic acids is 1. The number of aliphatic hydroxyl groups is 1. The minimum absolute atomic E-state index is 0.0573. The van der Waals surface area contributed by atoms with Gasteiger partial charge in [-0.2, -0.15) is 0 Å². The molecule has 1 fully saturated rings. The number of amides is 1. The van der Waals surface area contributed by atoms with Crippen LogP contribution in [0.4, 0.5) is 5.69 Å². The van der Waals surface area contributed by atoms with Gasteiger partial charge in [-0.05, 0) is 24.8 Å². The SMILES string of the molecule is CSc1ccc(C(=O)N2CC[C@@H](O)C2)cc1[N+](=O)[O-]. The van der Waals surface area contributed by atoms with Crippen LogP contribution in [-0.2, 0) is 0 Å². The lowest BCUT2D eigenvalue weighted by Gasteiger charge is -2.15. The topological polar surface area (TPSA) is 83.7 Å². The Kier molecular flexibility index (Phi) is 4.06. The van der Waals surface area contributed by atoms with Gasteiger partial charge in [0, 0.05) is 24.7 Å². The molecular weight excluding hydrogens is 268 g/mol. The van der Waals surface area contributed by atoms with Crippen molar-refractivity contribution in [3.63, 3.8) is 0 Å². The lowest BCUT2D eigenvalue weighted by atomic mass is 10.2. The Hall–Kier alpha value is -1.60. The highest BCUT2D eigenvalue weighted by Gasteiger charge is 2.26. The highest BCUT2D eigenvalue weighted by Crippen LogP contribution is 2.29. The molecule has 2 rings (SSSR count). The minimum atomic E-state index is -0.496. The lowest BCUT2D eigenvalue weighted by molar-refractivity contribution is -0.387. The van der Waals surface area contributed by atoms with E-state index in [2.05, 4.69) is 0 Å². The Balaban J connectivity index is 2.28. The molecule has 1 heterocycles. The first-order valence-electron chi connectivity index (χ1n) is 5.82. The molecule has 0 aromatic heterocycles. The van der Waals surface area contributed by atoms with E-state index in [9.17, 15) is 20.0 Å². The minimum Gasteiger partial charge on any atom is -0.391 e. The van der Waals surface area contributed by atoms with Gasteiger partial charge in [-0.25, -0.2) is 0 Å². The summed E-state index contributed by atoms with van der Waals surface area (Å²) in [5.74, 6) is -0.271. The fraction of sp³-hybridized carbons (Fsp3) is 0.417. The quantitative estimate of drug-likeness (QED) is 0.516. The Morgan fingerprint density at radius 3 is 2.84 bits per heavy atom. The largest absolute Gasteiger partial charge is 0.391 e. The molecule has 19 heavy (non-hydrogen) atoms. The van der Waals surface area contributed by atoms with Crippen LogP contribution in [-0.4, -0.2) is 46.3 Å². The summed E-state index contributed by atoms with van der Waals surface area (Å²) in [7, 11) is 0. The third-order valence-electron chi connectivity index (χ3n) is 3.07. The van der Waals surface area contributed by atoms with Gasteiger partial charge in [-0.3, -0.25) is 14.9 Å². The van der Waals surface area contributed by atoms with Crippen LogP contribution < -0.4 is 0 Å². The van der Waals surface area contributed by atoms with Crippen LogP contribution in [0.3, 0.4) is 0 Å². The number of aliphatic hydroxyl groups excluding tert-OH is 1. The lowest BCUT2D eigenvalue weighted by Crippen LogP contribution is -2.29. The molecule has 0 unspecified atom stereocenters. The highest BCUT2D eigenvalue weighted by molar-refractivity contribution is 7.98. The van der Waals surface area contributed by atoms with Gasteiger partial charge < -0.3 is 10.0 Å². The number of benzene rings is 1. The predicted octanol–water partition coefficient (Wildman–Crippen LogP) is 1.52. The second-order valence-electron chi connectivity index (χ2n) is 4.34. The molecule has 1 saturated heterocycles. The van der Waals surface area contributed by atoms with Gasteiger partial charge in [-0.1, -0.05) is 0 Å². The number of nitro benzene ring substituents is 1. The van der Waals surface area contributed by atoms with Crippen LogP contribution in [0.2, 0.25) is 0 Å². The molecular formula is C12H14N2O4S. The van der Waals surface area contributed by atoms with E-state index < -0.39 is 11.0 Å². The third kappa shape index (κ3) is 2.87. The number of likely N-dealkylation sites (tertiary alicyclic amines) is 1. The molecule has 6 nitrogen and oxygen atoms in total. The summed E-state index contributed by atoms with van der Waals surface area (Å²) in [5.41, 5.74) is 0.233. The summed E-state index contributed by atoms with van der Waals surface area (Å²) in [6, 6.07) is 4.48. The van der Waals surface area contributed by atoms with Crippen molar-refractivity contribution in [2.45, 2.75) is 17.4 Å². The average Bonchev–Trinajstić information content (AvgIpc) is 2.83. The van der Waals surface area contributed by atoms with Crippen molar-refractivity contribution < 1.29 is 14.8 Å². The Labute approximate surface area is 114 Å². The molecule has 1 amide bonds. The van der Waals surface area contributed by atoms with Crippen LogP contribution in [0.1, 0.15) is 16.8 Å². The van der Waals surface area contributed by atoms with Crippen molar-refractivity contribution in [1.29, 1.82) is 0 Å². The molecule has 0 bridgehead atoms. The van der Waals surface area contributed by atoms with Crippen LogP contribution >= 0.6 is 11.8 Å². The summed E-state index contributed by atoms with van der Waals surface area (Å²) >= 11 is 1.27. The monoisotopic (exact) mass is 282 g/mol. The molecule has 0 spiro atoms. The summed E-state index contributed by atoms with van der Waals surface area (Å²) in [6.07, 6.45) is 1.81. The maximum atomic E-state index is 12.2. The second kappa shape index (κ2) is 5.58. The zero-order chi connectivity index (χ0) is 14.0. The number of hydrogen-bond acceptors (Lipinski definition) is 5. The Morgan fingerprint density at radius 2 is 2.32 bits per heavy atom. The van der Waals surface area contributed by atoms with E-state index in [1.54, 1.807) is 18.4 Å². The second-order valence-corrected chi connectivity index (χ2v) is 5.19. The van der Waals surface area contributed by atoms with Gasteiger partial charge in [0.25, 0.3) is 11.6 Å². The zero-order valence-corrected chi connectivity index (χ0v) is 11.2. The number of nitrogens with zero attached hydrogens (tertiary/aromatic N) is 2. The molecule has 1 aromatic carbocycles. The maximum Gasteiger partial charge on any atom is 0.283 e. The number of nitro groups is 1. The van der Waals surface area contributed by atoms with E-state index in [1.165, 1.54) is 22.7 Å². The van der Waals surface area contributed by atoms with Crippen LogP contribution in [0.15, 0.2) is 23.1 Å². The number of thioether (sulfide) groups is 1. The van der Waals surface area contributed by atoms with E-state index in [4.69, 9.17) is 0 Å². The summed E-state index contributed by atoms with van der Waals surface area (Å²) in [4.78, 5) is 24.7. The molecule has 1 N–H and O–H groups in total. The first-order chi connectivity index (χ1) is 9.02. The molecule has 1 aromatic rings. The number of rotatable bonds is 3. The number of carbonyl (C=O) groups is 1. The molecule has 7 heteroatoms. The van der Waals surface area contributed by atoms with Crippen molar-refractivity contribution >= 4 is 23.4 Å². The van der Waals surface area contributed by atoms with Crippen molar-refractivity contribution in [3.8, 4) is 0 Å². The third-order valence-corrected chi connectivity index (χ3v) is 3.86. The molecule has 102 valence electrons. The van der Waals surface area contributed by atoms with Gasteiger partial charge in [0.1, 0.15) is 0 Å². The Morgan fingerprint density at radius 1 is 1.58 bits per heavy atom.